The van der Waals surface area contributed by atoms with Crippen LogP contribution in [-0.4, -0.2) is 19.2 Å². The normalized spacial score (nSPS) is 16.5. The number of hydrogen-bond donors (Lipinski definition) is 1. The molecule has 1 aliphatic rings. The fraction of sp³-hybridized carbons (Fsp3) is 0.857. The first-order chi connectivity index (χ1) is 5.33. The van der Waals surface area contributed by atoms with E-state index in [0.29, 0.717) is 6.61 Å². The predicted molar refractivity (Wildman–Crippen MR) is 38.4 cm³/mol. The van der Waals surface area contributed by atoms with Crippen molar-refractivity contribution < 1.29 is 14.4 Å². The van der Waals surface area contributed by atoms with Gasteiger partial charge in [0.25, 0.3) is 0 Å². The minimum atomic E-state index is -0.381. The predicted octanol–water partition coefficient (Wildman–Crippen LogP) is 0.220. The van der Waals surface area contributed by atoms with Gasteiger partial charge < -0.3 is 4.74 Å². The molecule has 64 valence electrons. The van der Waals surface area contributed by atoms with Gasteiger partial charge in [0, 0.05) is 0 Å². The Hall–Kier alpha value is -0.610. The van der Waals surface area contributed by atoms with E-state index in [9.17, 15) is 4.79 Å². The number of esters is 1. The van der Waals surface area contributed by atoms with Crippen LogP contribution in [0.1, 0.15) is 19.3 Å². The van der Waals surface area contributed by atoms with E-state index < -0.39 is 0 Å². The van der Waals surface area contributed by atoms with E-state index in [1.807, 2.05) is 0 Å². The van der Waals surface area contributed by atoms with Gasteiger partial charge in [-0.25, -0.2) is 10.7 Å². The lowest BCUT2D eigenvalue weighted by Gasteiger charge is -2.01. The Bertz CT molecular complexity index is 134. The number of nitrogens with two attached hydrogens (primary N) is 1. The van der Waals surface area contributed by atoms with E-state index in [-0.39, 0.29) is 12.6 Å². The maximum atomic E-state index is 10.6. The van der Waals surface area contributed by atoms with Crippen molar-refractivity contribution in [3.8, 4) is 0 Å². The van der Waals surface area contributed by atoms with E-state index in [0.717, 1.165) is 12.3 Å². The molecule has 0 heterocycles. The van der Waals surface area contributed by atoms with Crippen LogP contribution in [0.15, 0.2) is 0 Å². The quantitative estimate of drug-likeness (QED) is 0.460. The third kappa shape index (κ3) is 3.95. The van der Waals surface area contributed by atoms with Crippen LogP contribution in [0.5, 0.6) is 0 Å². The van der Waals surface area contributed by atoms with Crippen LogP contribution in [0.3, 0.4) is 0 Å². The first-order valence-corrected chi connectivity index (χ1v) is 3.80. The molecule has 4 heteroatoms. The summed E-state index contributed by atoms with van der Waals surface area (Å²) in [6, 6.07) is 0. The van der Waals surface area contributed by atoms with Crippen LogP contribution in [-0.2, 0) is 14.4 Å². The van der Waals surface area contributed by atoms with Crippen LogP contribution in [0.2, 0.25) is 0 Å². The average Bonchev–Trinajstić information content (AvgIpc) is 2.72. The molecule has 0 atom stereocenters. The zero-order valence-corrected chi connectivity index (χ0v) is 6.41. The molecule has 0 bridgehead atoms. The summed E-state index contributed by atoms with van der Waals surface area (Å²) in [7, 11) is 0. The Labute approximate surface area is 65.6 Å². The summed E-state index contributed by atoms with van der Waals surface area (Å²) in [5.41, 5.74) is 0. The van der Waals surface area contributed by atoms with Crippen molar-refractivity contribution in [2.45, 2.75) is 19.3 Å². The fourth-order valence-corrected chi connectivity index (χ4v) is 0.856. The van der Waals surface area contributed by atoms with Crippen molar-refractivity contribution in [3.63, 3.8) is 0 Å². The van der Waals surface area contributed by atoms with E-state index >= 15 is 0 Å². The van der Waals surface area contributed by atoms with Crippen molar-refractivity contribution in [2.24, 2.45) is 11.8 Å². The van der Waals surface area contributed by atoms with Crippen LogP contribution in [0.25, 0.3) is 0 Å². The van der Waals surface area contributed by atoms with Crippen molar-refractivity contribution >= 4 is 5.97 Å². The van der Waals surface area contributed by atoms with Gasteiger partial charge in [0.2, 0.25) is 0 Å². The standard InChI is InChI=1S/C7H13NO3/c8-11-5-7(9)10-4-3-6-1-2-6/h6H,1-5,8H2. The molecule has 0 unspecified atom stereocenters. The molecule has 1 aliphatic carbocycles. The van der Waals surface area contributed by atoms with Crippen LogP contribution < -0.4 is 5.90 Å². The molecule has 4 nitrogen and oxygen atoms in total. The second-order valence-corrected chi connectivity index (χ2v) is 2.76. The van der Waals surface area contributed by atoms with Gasteiger partial charge >= 0.3 is 5.97 Å². The van der Waals surface area contributed by atoms with Gasteiger partial charge in [0.15, 0.2) is 6.61 Å². The Morgan fingerprint density at radius 2 is 2.27 bits per heavy atom. The number of carbonyl (C=O) groups excluding carboxylic acids is 1. The van der Waals surface area contributed by atoms with Gasteiger partial charge in [-0.1, -0.05) is 12.8 Å². The molecule has 0 aromatic carbocycles. The summed E-state index contributed by atoms with van der Waals surface area (Å²) in [5, 5.41) is 0. The number of ether oxygens (including phenoxy) is 1. The molecule has 0 spiro atoms. The highest BCUT2D eigenvalue weighted by atomic mass is 16.6. The lowest BCUT2D eigenvalue weighted by molar-refractivity contribution is -0.149. The zero-order valence-electron chi connectivity index (χ0n) is 6.41. The van der Waals surface area contributed by atoms with Crippen molar-refractivity contribution in [1.29, 1.82) is 0 Å². The summed E-state index contributed by atoms with van der Waals surface area (Å²) in [5.74, 6) is 5.08. The number of hydrogen-bond acceptors (Lipinski definition) is 4. The highest BCUT2D eigenvalue weighted by Crippen LogP contribution is 2.31. The van der Waals surface area contributed by atoms with Gasteiger partial charge in [0.1, 0.15) is 0 Å². The Kier molecular flexibility index (Phi) is 3.32. The molecule has 0 radical (unpaired) electrons. The summed E-state index contributed by atoms with van der Waals surface area (Å²) in [6.45, 7) is 0.359. The summed E-state index contributed by atoms with van der Waals surface area (Å²) in [6.07, 6.45) is 3.55. The summed E-state index contributed by atoms with van der Waals surface area (Å²) in [4.78, 5) is 14.7. The third-order valence-electron chi connectivity index (χ3n) is 1.69. The highest BCUT2D eigenvalue weighted by Gasteiger charge is 2.21. The topological polar surface area (TPSA) is 61.5 Å². The first kappa shape index (κ1) is 8.49. The SMILES string of the molecule is NOCC(=O)OCCC1CC1. The van der Waals surface area contributed by atoms with Gasteiger partial charge in [-0.15, -0.1) is 0 Å². The minimum Gasteiger partial charge on any atom is -0.464 e. The summed E-state index contributed by atoms with van der Waals surface area (Å²) < 4.78 is 4.79. The number of rotatable bonds is 5. The van der Waals surface area contributed by atoms with E-state index in [1.54, 1.807) is 0 Å². The molecular weight excluding hydrogens is 146 g/mol. The van der Waals surface area contributed by atoms with Gasteiger partial charge in [0.05, 0.1) is 6.61 Å². The molecule has 11 heavy (non-hydrogen) atoms. The molecule has 0 aromatic heterocycles. The molecule has 2 N–H and O–H groups in total. The lowest BCUT2D eigenvalue weighted by atomic mass is 10.3. The molecule has 0 amide bonds. The molecule has 1 rings (SSSR count). The monoisotopic (exact) mass is 159 g/mol. The molecule has 0 aliphatic heterocycles. The zero-order chi connectivity index (χ0) is 8.10. The van der Waals surface area contributed by atoms with Crippen LogP contribution in [0.4, 0.5) is 0 Å². The second-order valence-electron chi connectivity index (χ2n) is 2.76. The van der Waals surface area contributed by atoms with Crippen molar-refractivity contribution in [2.75, 3.05) is 13.2 Å². The first-order valence-electron chi connectivity index (χ1n) is 3.80. The van der Waals surface area contributed by atoms with Crippen molar-refractivity contribution in [1.82, 2.24) is 0 Å². The minimum absolute atomic E-state index is 0.148. The maximum Gasteiger partial charge on any atom is 0.334 e. The Balaban J connectivity index is 1.88. The summed E-state index contributed by atoms with van der Waals surface area (Å²) >= 11 is 0. The molecule has 0 aromatic rings. The maximum absolute atomic E-state index is 10.6. The fourth-order valence-electron chi connectivity index (χ4n) is 0.856. The van der Waals surface area contributed by atoms with Gasteiger partial charge in [-0.3, -0.25) is 4.84 Å². The van der Waals surface area contributed by atoms with Crippen LogP contribution >= 0.6 is 0 Å². The van der Waals surface area contributed by atoms with E-state index in [4.69, 9.17) is 4.74 Å². The Morgan fingerprint density at radius 1 is 1.55 bits per heavy atom. The van der Waals surface area contributed by atoms with Crippen LogP contribution in [0, 0.1) is 5.92 Å². The average molecular weight is 159 g/mol. The lowest BCUT2D eigenvalue weighted by Crippen LogP contribution is -2.16. The van der Waals surface area contributed by atoms with Gasteiger partial charge in [-0.2, -0.15) is 0 Å². The van der Waals surface area contributed by atoms with Crippen molar-refractivity contribution in [3.05, 3.63) is 0 Å². The van der Waals surface area contributed by atoms with E-state index in [2.05, 4.69) is 10.7 Å². The second kappa shape index (κ2) is 4.31. The Morgan fingerprint density at radius 3 is 2.82 bits per heavy atom. The largest absolute Gasteiger partial charge is 0.464 e. The molecular formula is C7H13NO3. The van der Waals surface area contributed by atoms with Gasteiger partial charge in [-0.05, 0) is 12.3 Å². The molecule has 1 fully saturated rings. The number of carbonyl (C=O) groups is 1. The molecule has 0 saturated heterocycles. The highest BCUT2D eigenvalue weighted by molar-refractivity contribution is 5.70. The smallest absolute Gasteiger partial charge is 0.334 e. The molecule has 1 saturated carbocycles. The third-order valence-corrected chi connectivity index (χ3v) is 1.69. The van der Waals surface area contributed by atoms with E-state index in [1.165, 1.54) is 12.8 Å².